The minimum Gasteiger partial charge on any atom is -0.354 e. The molecule has 114 valence electrons. The Bertz CT molecular complexity index is 531. The molecule has 2 atom stereocenters. The van der Waals surface area contributed by atoms with Gasteiger partial charge in [-0.2, -0.15) is 0 Å². The number of fused-ring (bicyclic) bond motifs is 1. The van der Waals surface area contributed by atoms with E-state index in [1.54, 1.807) is 0 Å². The van der Waals surface area contributed by atoms with Gasteiger partial charge < -0.3 is 9.80 Å². The summed E-state index contributed by atoms with van der Waals surface area (Å²) < 4.78 is 0. The molecule has 0 bridgehead atoms. The Labute approximate surface area is 126 Å². The van der Waals surface area contributed by atoms with E-state index in [-0.39, 0.29) is 5.92 Å². The Morgan fingerprint density at radius 2 is 2.10 bits per heavy atom. The first-order chi connectivity index (χ1) is 10.1. The standard InChI is InChI=1S/C16H24N4O/c1-11(2)16(21)20-9-6-13-5-8-19(10-14(13)20)15-4-7-17-12(3)18-15/h4,7,11,13-14H,5-6,8-10H2,1-3H3. The molecule has 0 aliphatic carbocycles. The molecule has 5 heteroatoms. The molecule has 0 spiro atoms. The van der Waals surface area contributed by atoms with E-state index in [2.05, 4.69) is 19.8 Å². The summed E-state index contributed by atoms with van der Waals surface area (Å²) in [5.41, 5.74) is 0. The predicted octanol–water partition coefficient (Wildman–Crippen LogP) is 1.87. The van der Waals surface area contributed by atoms with Crippen LogP contribution in [0.5, 0.6) is 0 Å². The van der Waals surface area contributed by atoms with Crippen molar-refractivity contribution in [3.8, 4) is 0 Å². The number of aryl methyl sites for hydroxylation is 1. The van der Waals surface area contributed by atoms with Gasteiger partial charge in [-0.15, -0.1) is 0 Å². The number of aromatic nitrogens is 2. The lowest BCUT2D eigenvalue weighted by Gasteiger charge is -2.39. The zero-order valence-corrected chi connectivity index (χ0v) is 13.1. The predicted molar refractivity (Wildman–Crippen MR) is 82.0 cm³/mol. The molecule has 2 saturated heterocycles. The largest absolute Gasteiger partial charge is 0.354 e. The summed E-state index contributed by atoms with van der Waals surface area (Å²) in [6, 6.07) is 2.32. The highest BCUT2D eigenvalue weighted by molar-refractivity contribution is 5.79. The SMILES string of the molecule is Cc1nccc(N2CCC3CCN(C(=O)C(C)C)C3C2)n1. The number of hydrogen-bond acceptors (Lipinski definition) is 4. The lowest BCUT2D eigenvalue weighted by Crippen LogP contribution is -2.51. The van der Waals surface area contributed by atoms with E-state index >= 15 is 0 Å². The Morgan fingerprint density at radius 1 is 1.33 bits per heavy atom. The van der Waals surface area contributed by atoms with Crippen LogP contribution in [-0.2, 0) is 4.79 Å². The Balaban J connectivity index is 1.76. The molecule has 2 aliphatic rings. The summed E-state index contributed by atoms with van der Waals surface area (Å²) in [7, 11) is 0. The third-order valence-electron chi connectivity index (χ3n) is 4.72. The fourth-order valence-electron chi connectivity index (χ4n) is 3.57. The van der Waals surface area contributed by atoms with Gasteiger partial charge in [0, 0.05) is 31.7 Å². The molecule has 3 heterocycles. The number of likely N-dealkylation sites (tertiary alicyclic amines) is 1. The van der Waals surface area contributed by atoms with Gasteiger partial charge in [0.05, 0.1) is 6.04 Å². The Morgan fingerprint density at radius 3 is 2.81 bits per heavy atom. The van der Waals surface area contributed by atoms with Crippen molar-refractivity contribution < 1.29 is 4.79 Å². The molecule has 1 aromatic rings. The molecule has 0 radical (unpaired) electrons. The van der Waals surface area contributed by atoms with Crippen LogP contribution in [0.1, 0.15) is 32.5 Å². The molecule has 0 N–H and O–H groups in total. The molecule has 2 fully saturated rings. The van der Waals surface area contributed by atoms with Gasteiger partial charge in [0.2, 0.25) is 5.91 Å². The zero-order chi connectivity index (χ0) is 15.0. The first kappa shape index (κ1) is 14.3. The number of carbonyl (C=O) groups excluding carboxylic acids is 1. The van der Waals surface area contributed by atoms with Gasteiger partial charge in [-0.05, 0) is 31.7 Å². The average Bonchev–Trinajstić information content (AvgIpc) is 2.89. The van der Waals surface area contributed by atoms with E-state index < -0.39 is 0 Å². The normalized spacial score (nSPS) is 25.3. The van der Waals surface area contributed by atoms with Crippen molar-refractivity contribution in [2.45, 2.75) is 39.7 Å². The van der Waals surface area contributed by atoms with E-state index in [1.165, 1.54) is 0 Å². The molecule has 0 saturated carbocycles. The second kappa shape index (κ2) is 5.62. The van der Waals surface area contributed by atoms with Crippen LogP contribution in [0.25, 0.3) is 0 Å². The van der Waals surface area contributed by atoms with Crippen molar-refractivity contribution >= 4 is 11.7 Å². The highest BCUT2D eigenvalue weighted by atomic mass is 16.2. The maximum absolute atomic E-state index is 12.4. The third-order valence-corrected chi connectivity index (χ3v) is 4.72. The summed E-state index contributed by atoms with van der Waals surface area (Å²) in [6.07, 6.45) is 4.12. The molecule has 21 heavy (non-hydrogen) atoms. The van der Waals surface area contributed by atoms with E-state index in [0.29, 0.717) is 17.9 Å². The van der Waals surface area contributed by atoms with Crippen molar-refractivity contribution in [3.63, 3.8) is 0 Å². The van der Waals surface area contributed by atoms with Crippen LogP contribution in [-0.4, -0.2) is 46.5 Å². The quantitative estimate of drug-likeness (QED) is 0.833. The van der Waals surface area contributed by atoms with E-state index in [9.17, 15) is 4.79 Å². The highest BCUT2D eigenvalue weighted by Crippen LogP contribution is 2.33. The van der Waals surface area contributed by atoms with Crippen LogP contribution in [0.4, 0.5) is 5.82 Å². The summed E-state index contributed by atoms with van der Waals surface area (Å²) in [4.78, 5) is 25.5. The van der Waals surface area contributed by atoms with Gasteiger partial charge >= 0.3 is 0 Å². The number of piperidine rings is 1. The highest BCUT2D eigenvalue weighted by Gasteiger charge is 2.41. The molecule has 5 nitrogen and oxygen atoms in total. The summed E-state index contributed by atoms with van der Waals surface area (Å²) in [5, 5.41) is 0. The number of anilines is 1. The molecular formula is C16H24N4O. The third kappa shape index (κ3) is 2.74. The number of carbonyl (C=O) groups is 1. The van der Waals surface area contributed by atoms with Gasteiger partial charge in [-0.1, -0.05) is 13.8 Å². The van der Waals surface area contributed by atoms with Crippen molar-refractivity contribution in [3.05, 3.63) is 18.1 Å². The lowest BCUT2D eigenvalue weighted by molar-refractivity contribution is -0.135. The zero-order valence-electron chi connectivity index (χ0n) is 13.1. The monoisotopic (exact) mass is 288 g/mol. The van der Waals surface area contributed by atoms with E-state index in [4.69, 9.17) is 0 Å². The number of amides is 1. The van der Waals surface area contributed by atoms with Crippen LogP contribution in [0, 0.1) is 18.8 Å². The smallest absolute Gasteiger partial charge is 0.225 e. The second-order valence-electron chi connectivity index (χ2n) is 6.50. The fourth-order valence-corrected chi connectivity index (χ4v) is 3.57. The van der Waals surface area contributed by atoms with Crippen molar-refractivity contribution in [1.29, 1.82) is 0 Å². The van der Waals surface area contributed by atoms with Gasteiger partial charge in [0.25, 0.3) is 0 Å². The number of rotatable bonds is 2. The minimum absolute atomic E-state index is 0.0837. The summed E-state index contributed by atoms with van der Waals surface area (Å²) >= 11 is 0. The van der Waals surface area contributed by atoms with E-state index in [0.717, 1.165) is 44.1 Å². The molecule has 2 aliphatic heterocycles. The maximum atomic E-state index is 12.4. The van der Waals surface area contributed by atoms with E-state index in [1.807, 2.05) is 33.0 Å². The molecule has 0 aromatic carbocycles. The molecule has 1 aromatic heterocycles. The second-order valence-corrected chi connectivity index (χ2v) is 6.50. The Kier molecular flexibility index (Phi) is 3.83. The lowest BCUT2D eigenvalue weighted by atomic mass is 9.92. The van der Waals surface area contributed by atoms with Gasteiger partial charge in [-0.25, -0.2) is 9.97 Å². The summed E-state index contributed by atoms with van der Waals surface area (Å²) in [6.45, 7) is 8.75. The topological polar surface area (TPSA) is 49.3 Å². The Hall–Kier alpha value is -1.65. The molecular weight excluding hydrogens is 264 g/mol. The molecule has 1 amide bonds. The average molecular weight is 288 g/mol. The van der Waals surface area contributed by atoms with Crippen LogP contribution >= 0.6 is 0 Å². The van der Waals surface area contributed by atoms with Crippen LogP contribution in [0.2, 0.25) is 0 Å². The minimum atomic E-state index is 0.0837. The fraction of sp³-hybridized carbons (Fsp3) is 0.688. The number of hydrogen-bond donors (Lipinski definition) is 0. The van der Waals surface area contributed by atoms with Gasteiger partial charge in [-0.3, -0.25) is 4.79 Å². The van der Waals surface area contributed by atoms with Gasteiger partial charge in [0.1, 0.15) is 11.6 Å². The first-order valence-corrected chi connectivity index (χ1v) is 7.91. The maximum Gasteiger partial charge on any atom is 0.225 e. The van der Waals surface area contributed by atoms with Crippen LogP contribution in [0.3, 0.4) is 0 Å². The molecule has 2 unspecified atom stereocenters. The molecule has 3 rings (SSSR count). The van der Waals surface area contributed by atoms with Crippen LogP contribution in [0.15, 0.2) is 12.3 Å². The van der Waals surface area contributed by atoms with Crippen molar-refractivity contribution in [2.75, 3.05) is 24.5 Å². The van der Waals surface area contributed by atoms with Crippen LogP contribution < -0.4 is 4.90 Å². The van der Waals surface area contributed by atoms with Gasteiger partial charge in [0.15, 0.2) is 0 Å². The first-order valence-electron chi connectivity index (χ1n) is 7.91. The van der Waals surface area contributed by atoms with Crippen molar-refractivity contribution in [2.24, 2.45) is 11.8 Å². The van der Waals surface area contributed by atoms with Crippen molar-refractivity contribution in [1.82, 2.24) is 14.9 Å². The summed E-state index contributed by atoms with van der Waals surface area (Å²) in [5.74, 6) is 2.83. The number of nitrogens with zero attached hydrogens (tertiary/aromatic N) is 4.